The van der Waals surface area contributed by atoms with Crippen molar-refractivity contribution in [3.63, 3.8) is 0 Å². The molecule has 1 heterocycles. The fourth-order valence-corrected chi connectivity index (χ4v) is 3.02. The number of nitrogens with zero attached hydrogens (tertiary/aromatic N) is 1. The summed E-state index contributed by atoms with van der Waals surface area (Å²) in [5, 5.41) is 3.22. The van der Waals surface area contributed by atoms with Gasteiger partial charge in [0.15, 0.2) is 0 Å². The van der Waals surface area contributed by atoms with Crippen LogP contribution in [0.5, 0.6) is 0 Å². The van der Waals surface area contributed by atoms with Crippen LogP contribution in [0.2, 0.25) is 0 Å². The zero-order valence-corrected chi connectivity index (χ0v) is 13.2. The van der Waals surface area contributed by atoms with E-state index >= 15 is 0 Å². The number of carbonyl (C=O) groups excluding carboxylic acids is 1. The molecule has 1 aliphatic rings. The molecule has 1 aromatic rings. The van der Waals surface area contributed by atoms with Crippen LogP contribution in [0.1, 0.15) is 28.8 Å². The molecule has 1 saturated heterocycles. The number of carbonyl (C=O) groups is 1. The largest absolute Gasteiger partial charge is 0.339 e. The topological polar surface area (TPSA) is 32.3 Å². The van der Waals surface area contributed by atoms with Gasteiger partial charge in [0, 0.05) is 17.6 Å². The Kier molecular flexibility index (Phi) is 4.99. The molecule has 1 amide bonds. The van der Waals surface area contributed by atoms with Gasteiger partial charge in [-0.05, 0) is 67.3 Å². The highest BCUT2D eigenvalue weighted by molar-refractivity contribution is 9.10. The first kappa shape index (κ1) is 14.5. The van der Waals surface area contributed by atoms with E-state index in [-0.39, 0.29) is 5.91 Å². The monoisotopic (exact) mass is 324 g/mol. The van der Waals surface area contributed by atoms with Gasteiger partial charge in [-0.15, -0.1) is 0 Å². The van der Waals surface area contributed by atoms with E-state index in [1.807, 2.05) is 37.1 Å². The highest BCUT2D eigenvalue weighted by atomic mass is 79.9. The van der Waals surface area contributed by atoms with Crippen LogP contribution in [0.4, 0.5) is 0 Å². The van der Waals surface area contributed by atoms with Crippen molar-refractivity contribution in [2.45, 2.75) is 19.8 Å². The predicted octanol–water partition coefficient (Wildman–Crippen LogP) is 2.83. The molecule has 19 heavy (non-hydrogen) atoms. The van der Waals surface area contributed by atoms with Crippen molar-refractivity contribution in [2.24, 2.45) is 5.92 Å². The molecule has 0 spiro atoms. The zero-order chi connectivity index (χ0) is 13.8. The van der Waals surface area contributed by atoms with Gasteiger partial charge in [-0.25, -0.2) is 0 Å². The normalized spacial score (nSPS) is 16.7. The number of rotatable bonds is 3. The van der Waals surface area contributed by atoms with Crippen LogP contribution in [0.25, 0.3) is 0 Å². The standard InChI is InChI=1S/C15H21BrN2O/c1-11-3-4-14(16)13(9-11)15(19)18-7-5-12(6-8-18)10-17-2/h3-4,9,12,17H,5-8,10H2,1-2H3. The summed E-state index contributed by atoms with van der Waals surface area (Å²) in [4.78, 5) is 14.5. The highest BCUT2D eigenvalue weighted by Gasteiger charge is 2.24. The molecule has 104 valence electrons. The Morgan fingerprint density at radius 2 is 2.11 bits per heavy atom. The molecule has 0 saturated carbocycles. The summed E-state index contributed by atoms with van der Waals surface area (Å²) < 4.78 is 0.889. The number of aryl methyl sites for hydroxylation is 1. The van der Waals surface area contributed by atoms with Gasteiger partial charge < -0.3 is 10.2 Å². The predicted molar refractivity (Wildman–Crippen MR) is 81.4 cm³/mol. The Labute approximate surface area is 123 Å². The van der Waals surface area contributed by atoms with Gasteiger partial charge in [0.05, 0.1) is 5.56 Å². The molecule has 0 atom stereocenters. The van der Waals surface area contributed by atoms with Crippen molar-refractivity contribution in [3.05, 3.63) is 33.8 Å². The number of halogens is 1. The molecule has 4 heteroatoms. The summed E-state index contributed by atoms with van der Waals surface area (Å²) in [7, 11) is 1.99. The molecule has 0 aliphatic carbocycles. The molecular weight excluding hydrogens is 304 g/mol. The third-order valence-electron chi connectivity index (χ3n) is 3.75. The summed E-state index contributed by atoms with van der Waals surface area (Å²) in [5.74, 6) is 0.855. The number of hydrogen-bond donors (Lipinski definition) is 1. The van der Waals surface area contributed by atoms with Crippen LogP contribution < -0.4 is 5.32 Å². The van der Waals surface area contributed by atoms with Gasteiger partial charge in [0.1, 0.15) is 0 Å². The van der Waals surface area contributed by atoms with Crippen molar-refractivity contribution in [3.8, 4) is 0 Å². The molecule has 0 radical (unpaired) electrons. The van der Waals surface area contributed by atoms with E-state index in [1.165, 1.54) is 0 Å². The Hall–Kier alpha value is -0.870. The molecule has 1 aromatic carbocycles. The van der Waals surface area contributed by atoms with Gasteiger partial charge in [0.2, 0.25) is 0 Å². The number of amides is 1. The Morgan fingerprint density at radius 1 is 1.42 bits per heavy atom. The van der Waals surface area contributed by atoms with Gasteiger partial charge in [-0.2, -0.15) is 0 Å². The van der Waals surface area contributed by atoms with E-state index in [9.17, 15) is 4.79 Å². The minimum Gasteiger partial charge on any atom is -0.339 e. The first-order valence-corrected chi connectivity index (χ1v) is 7.61. The van der Waals surface area contributed by atoms with Gasteiger partial charge >= 0.3 is 0 Å². The second-order valence-corrected chi connectivity index (χ2v) is 6.13. The second kappa shape index (κ2) is 6.53. The Bertz CT molecular complexity index is 453. The van der Waals surface area contributed by atoms with Crippen LogP contribution >= 0.6 is 15.9 Å². The number of hydrogen-bond acceptors (Lipinski definition) is 2. The fraction of sp³-hybridized carbons (Fsp3) is 0.533. The van der Waals surface area contributed by atoms with Gasteiger partial charge in [0.25, 0.3) is 5.91 Å². The zero-order valence-electron chi connectivity index (χ0n) is 11.6. The average molecular weight is 325 g/mol. The van der Waals surface area contributed by atoms with E-state index in [0.717, 1.165) is 48.1 Å². The Balaban J connectivity index is 2.03. The second-order valence-electron chi connectivity index (χ2n) is 5.28. The van der Waals surface area contributed by atoms with Crippen molar-refractivity contribution in [2.75, 3.05) is 26.7 Å². The van der Waals surface area contributed by atoms with Crippen molar-refractivity contribution < 1.29 is 4.79 Å². The molecule has 1 N–H and O–H groups in total. The quantitative estimate of drug-likeness (QED) is 0.927. The molecule has 1 aliphatic heterocycles. The molecule has 2 rings (SSSR count). The molecular formula is C15H21BrN2O. The minimum absolute atomic E-state index is 0.151. The summed E-state index contributed by atoms with van der Waals surface area (Å²) in [5.41, 5.74) is 1.91. The highest BCUT2D eigenvalue weighted by Crippen LogP contribution is 2.23. The van der Waals surface area contributed by atoms with Crippen LogP contribution in [0, 0.1) is 12.8 Å². The van der Waals surface area contributed by atoms with Crippen LogP contribution in [-0.4, -0.2) is 37.5 Å². The number of piperidine rings is 1. The van der Waals surface area contributed by atoms with Gasteiger partial charge in [-0.1, -0.05) is 11.6 Å². The lowest BCUT2D eigenvalue weighted by atomic mass is 9.96. The van der Waals surface area contributed by atoms with Crippen LogP contribution in [0.15, 0.2) is 22.7 Å². The minimum atomic E-state index is 0.151. The lowest BCUT2D eigenvalue weighted by Crippen LogP contribution is -2.40. The Morgan fingerprint density at radius 3 is 2.74 bits per heavy atom. The van der Waals surface area contributed by atoms with Crippen molar-refractivity contribution in [1.82, 2.24) is 10.2 Å². The third kappa shape index (κ3) is 3.57. The van der Waals surface area contributed by atoms with Crippen LogP contribution in [-0.2, 0) is 0 Å². The summed E-state index contributed by atoms with van der Waals surface area (Å²) in [6, 6.07) is 5.93. The first-order valence-electron chi connectivity index (χ1n) is 6.82. The lowest BCUT2D eigenvalue weighted by molar-refractivity contribution is 0.0690. The van der Waals surface area contributed by atoms with Gasteiger partial charge in [-0.3, -0.25) is 4.79 Å². The van der Waals surface area contributed by atoms with Crippen LogP contribution in [0.3, 0.4) is 0 Å². The maximum Gasteiger partial charge on any atom is 0.255 e. The molecule has 1 fully saturated rings. The summed E-state index contributed by atoms with van der Waals surface area (Å²) >= 11 is 3.48. The van der Waals surface area contributed by atoms with Crippen molar-refractivity contribution in [1.29, 1.82) is 0 Å². The van der Waals surface area contributed by atoms with E-state index < -0.39 is 0 Å². The average Bonchev–Trinajstić information content (AvgIpc) is 2.42. The molecule has 3 nitrogen and oxygen atoms in total. The van der Waals surface area contributed by atoms with E-state index in [0.29, 0.717) is 5.92 Å². The fourth-order valence-electron chi connectivity index (χ4n) is 2.60. The molecule has 0 bridgehead atoms. The number of likely N-dealkylation sites (tertiary alicyclic amines) is 1. The smallest absolute Gasteiger partial charge is 0.255 e. The van der Waals surface area contributed by atoms with E-state index in [4.69, 9.17) is 0 Å². The lowest BCUT2D eigenvalue weighted by Gasteiger charge is -2.32. The number of benzene rings is 1. The van der Waals surface area contributed by atoms with E-state index in [1.54, 1.807) is 0 Å². The summed E-state index contributed by atoms with van der Waals surface area (Å²) in [6.45, 7) is 4.80. The molecule has 0 aromatic heterocycles. The SMILES string of the molecule is CNCC1CCN(C(=O)c2cc(C)ccc2Br)CC1. The molecule has 0 unspecified atom stereocenters. The summed E-state index contributed by atoms with van der Waals surface area (Å²) in [6.07, 6.45) is 2.19. The maximum atomic E-state index is 12.5. The van der Waals surface area contributed by atoms with E-state index in [2.05, 4.69) is 21.2 Å². The maximum absolute atomic E-state index is 12.5. The third-order valence-corrected chi connectivity index (χ3v) is 4.44. The first-order chi connectivity index (χ1) is 9.11. The number of nitrogens with one attached hydrogen (secondary N) is 1. The van der Waals surface area contributed by atoms with Crippen molar-refractivity contribution >= 4 is 21.8 Å².